The quantitative estimate of drug-likeness (QED) is 0.816. The number of nitriles is 1. The van der Waals surface area contributed by atoms with Crippen LogP contribution >= 0.6 is 0 Å². The van der Waals surface area contributed by atoms with Gasteiger partial charge in [0.25, 0.3) is 0 Å². The average molecular weight is 229 g/mol. The van der Waals surface area contributed by atoms with Gasteiger partial charge in [-0.05, 0) is 25.5 Å². The fourth-order valence-electron chi connectivity index (χ4n) is 1.50. The summed E-state index contributed by atoms with van der Waals surface area (Å²) in [7, 11) is 0. The van der Waals surface area contributed by atoms with Crippen LogP contribution in [-0.2, 0) is 6.61 Å². The van der Waals surface area contributed by atoms with Crippen molar-refractivity contribution in [2.45, 2.75) is 20.5 Å². The van der Waals surface area contributed by atoms with Crippen molar-refractivity contribution < 1.29 is 5.11 Å². The van der Waals surface area contributed by atoms with Crippen LogP contribution in [0.4, 0.5) is 0 Å². The Morgan fingerprint density at radius 1 is 1.47 bits per heavy atom. The van der Waals surface area contributed by atoms with Gasteiger partial charge >= 0.3 is 0 Å². The summed E-state index contributed by atoms with van der Waals surface area (Å²) in [4.78, 5) is 4.15. The molecule has 1 N–H and O–H groups in total. The first-order chi connectivity index (χ1) is 8.17. The van der Waals surface area contributed by atoms with Gasteiger partial charge in [0.15, 0.2) is 5.82 Å². The molecule has 0 amide bonds. The Morgan fingerprint density at radius 2 is 2.24 bits per heavy atom. The monoisotopic (exact) mass is 229 g/mol. The Hall–Kier alpha value is -2.26. The summed E-state index contributed by atoms with van der Waals surface area (Å²) in [5.41, 5.74) is 2.63. The second-order valence-electron chi connectivity index (χ2n) is 3.66. The first kappa shape index (κ1) is 11.2. The lowest BCUT2D eigenvalue weighted by Crippen LogP contribution is -2.03. The minimum Gasteiger partial charge on any atom is -0.390 e. The van der Waals surface area contributed by atoms with E-state index in [4.69, 9.17) is 10.4 Å². The molecule has 0 unspecified atom stereocenters. The number of aromatic nitrogens is 4. The maximum absolute atomic E-state index is 9.04. The van der Waals surface area contributed by atoms with Crippen molar-refractivity contribution in [3.8, 4) is 11.9 Å². The van der Waals surface area contributed by atoms with Gasteiger partial charge in [-0.1, -0.05) is 5.21 Å². The highest BCUT2D eigenvalue weighted by Crippen LogP contribution is 2.13. The van der Waals surface area contributed by atoms with Crippen molar-refractivity contribution in [1.82, 2.24) is 20.0 Å². The van der Waals surface area contributed by atoms with Crippen LogP contribution < -0.4 is 0 Å². The molecule has 17 heavy (non-hydrogen) atoms. The number of aliphatic hydroxyl groups excluding tert-OH is 1. The molecule has 2 aromatic rings. The molecule has 6 nitrogen and oxygen atoms in total. The van der Waals surface area contributed by atoms with Crippen LogP contribution in [0.15, 0.2) is 12.3 Å². The molecule has 2 rings (SSSR count). The van der Waals surface area contributed by atoms with Gasteiger partial charge in [0, 0.05) is 6.20 Å². The van der Waals surface area contributed by atoms with Crippen molar-refractivity contribution in [1.29, 1.82) is 5.26 Å². The fraction of sp³-hybridized carbons (Fsp3) is 0.273. The molecule has 86 valence electrons. The van der Waals surface area contributed by atoms with E-state index in [1.54, 1.807) is 17.7 Å². The summed E-state index contributed by atoms with van der Waals surface area (Å²) in [5.74, 6) is 0.589. The van der Waals surface area contributed by atoms with Gasteiger partial charge < -0.3 is 5.11 Å². The molecule has 0 saturated heterocycles. The van der Waals surface area contributed by atoms with Crippen LogP contribution in [0.5, 0.6) is 0 Å². The zero-order valence-electron chi connectivity index (χ0n) is 9.55. The molecule has 0 aliphatic heterocycles. The van der Waals surface area contributed by atoms with Crippen molar-refractivity contribution in [2.24, 2.45) is 0 Å². The van der Waals surface area contributed by atoms with Gasteiger partial charge in [0.05, 0.1) is 17.9 Å². The van der Waals surface area contributed by atoms with Crippen LogP contribution in [0.1, 0.15) is 22.5 Å². The zero-order valence-corrected chi connectivity index (χ0v) is 9.55. The third kappa shape index (κ3) is 1.88. The number of hydrogen-bond donors (Lipinski definition) is 1. The molecule has 2 heterocycles. The minimum absolute atomic E-state index is 0.152. The molecule has 0 bridgehead atoms. The highest BCUT2D eigenvalue weighted by atomic mass is 16.3. The highest BCUT2D eigenvalue weighted by Gasteiger charge is 2.10. The maximum Gasteiger partial charge on any atom is 0.155 e. The number of aliphatic hydroxyl groups is 1. The van der Waals surface area contributed by atoms with E-state index in [1.165, 1.54) is 6.20 Å². The van der Waals surface area contributed by atoms with Crippen molar-refractivity contribution in [3.05, 3.63) is 34.8 Å². The Balaban J connectivity index is 2.51. The van der Waals surface area contributed by atoms with Gasteiger partial charge in [0.2, 0.25) is 0 Å². The van der Waals surface area contributed by atoms with Gasteiger partial charge in [0.1, 0.15) is 11.8 Å². The number of hydrogen-bond acceptors (Lipinski definition) is 5. The van der Waals surface area contributed by atoms with E-state index in [9.17, 15) is 0 Å². The zero-order chi connectivity index (χ0) is 12.4. The molecule has 2 aromatic heterocycles. The number of nitrogens with zero attached hydrogens (tertiary/aromatic N) is 5. The standard InChI is InChI=1S/C11H11N5O/c1-7-3-11(13-5-9(7)4-12)16-8(2)10(6-17)14-15-16/h3,5,17H,6H2,1-2H3. The lowest BCUT2D eigenvalue weighted by molar-refractivity contribution is 0.276. The second-order valence-corrected chi connectivity index (χ2v) is 3.66. The molecular weight excluding hydrogens is 218 g/mol. The van der Waals surface area contributed by atoms with Crippen LogP contribution in [-0.4, -0.2) is 25.1 Å². The Bertz CT molecular complexity index is 596. The third-order valence-corrected chi connectivity index (χ3v) is 2.57. The Morgan fingerprint density at radius 3 is 2.76 bits per heavy atom. The van der Waals surface area contributed by atoms with Crippen molar-refractivity contribution in [2.75, 3.05) is 0 Å². The fourth-order valence-corrected chi connectivity index (χ4v) is 1.50. The van der Waals surface area contributed by atoms with Gasteiger partial charge in [-0.3, -0.25) is 0 Å². The number of rotatable bonds is 2. The summed E-state index contributed by atoms with van der Waals surface area (Å²) >= 11 is 0. The molecule has 0 saturated carbocycles. The van der Waals surface area contributed by atoms with Crippen LogP contribution in [0.25, 0.3) is 5.82 Å². The van der Waals surface area contributed by atoms with E-state index in [0.29, 0.717) is 17.1 Å². The summed E-state index contributed by atoms with van der Waals surface area (Å²) < 4.78 is 1.54. The average Bonchev–Trinajstić information content (AvgIpc) is 2.70. The van der Waals surface area contributed by atoms with Crippen LogP contribution in [0.2, 0.25) is 0 Å². The van der Waals surface area contributed by atoms with E-state index in [1.807, 2.05) is 6.92 Å². The van der Waals surface area contributed by atoms with E-state index in [-0.39, 0.29) is 6.61 Å². The van der Waals surface area contributed by atoms with Crippen LogP contribution in [0.3, 0.4) is 0 Å². The third-order valence-electron chi connectivity index (χ3n) is 2.57. The Kier molecular flexibility index (Phi) is 2.85. The smallest absolute Gasteiger partial charge is 0.155 e. The van der Waals surface area contributed by atoms with Crippen LogP contribution in [0, 0.1) is 25.2 Å². The molecule has 0 aromatic carbocycles. The van der Waals surface area contributed by atoms with Crippen molar-refractivity contribution >= 4 is 0 Å². The maximum atomic E-state index is 9.04. The Labute approximate surface area is 98.2 Å². The largest absolute Gasteiger partial charge is 0.390 e. The first-order valence-electron chi connectivity index (χ1n) is 5.06. The highest BCUT2D eigenvalue weighted by molar-refractivity contribution is 5.40. The second kappa shape index (κ2) is 4.31. The molecule has 0 spiro atoms. The molecule has 0 fully saturated rings. The summed E-state index contributed by atoms with van der Waals surface area (Å²) in [6.45, 7) is 3.49. The molecule has 0 aliphatic carbocycles. The minimum atomic E-state index is -0.152. The molecule has 0 atom stereocenters. The summed E-state index contributed by atoms with van der Waals surface area (Å²) in [6.07, 6.45) is 1.50. The van der Waals surface area contributed by atoms with Gasteiger partial charge in [-0.2, -0.15) is 9.94 Å². The summed E-state index contributed by atoms with van der Waals surface area (Å²) in [6, 6.07) is 3.82. The molecule has 0 aliphatic rings. The molecular formula is C11H11N5O. The predicted octanol–water partition coefficient (Wildman–Crippen LogP) is 0.643. The summed E-state index contributed by atoms with van der Waals surface area (Å²) in [5, 5.41) is 25.6. The number of aryl methyl sites for hydroxylation is 1. The SMILES string of the molecule is Cc1cc(-n2nnc(CO)c2C)ncc1C#N. The van der Waals surface area contributed by atoms with Gasteiger partial charge in [-0.15, -0.1) is 5.10 Å². The van der Waals surface area contributed by atoms with Crippen molar-refractivity contribution in [3.63, 3.8) is 0 Å². The van der Waals surface area contributed by atoms with Gasteiger partial charge in [-0.25, -0.2) is 4.98 Å². The normalized spacial score (nSPS) is 10.2. The number of pyridine rings is 1. The molecule has 6 heteroatoms. The first-order valence-corrected chi connectivity index (χ1v) is 5.06. The van der Waals surface area contributed by atoms with E-state index in [2.05, 4.69) is 21.4 Å². The lowest BCUT2D eigenvalue weighted by Gasteiger charge is -2.04. The van der Waals surface area contributed by atoms with E-state index in [0.717, 1.165) is 11.3 Å². The van der Waals surface area contributed by atoms with E-state index < -0.39 is 0 Å². The topological polar surface area (TPSA) is 87.6 Å². The van der Waals surface area contributed by atoms with E-state index >= 15 is 0 Å². The lowest BCUT2D eigenvalue weighted by atomic mass is 10.2. The molecule has 0 radical (unpaired) electrons. The predicted molar refractivity (Wildman–Crippen MR) is 59.3 cm³/mol.